The highest BCUT2D eigenvalue weighted by atomic mass is 32.1. The number of hydrogen-bond acceptors (Lipinski definition) is 4. The van der Waals surface area contributed by atoms with Crippen LogP contribution in [0.2, 0.25) is 0 Å². The van der Waals surface area contributed by atoms with Gasteiger partial charge in [0.25, 0.3) is 0 Å². The van der Waals surface area contributed by atoms with E-state index in [1.165, 1.54) is 21.0 Å². The zero-order valence-electron chi connectivity index (χ0n) is 10.0. The average Bonchev–Trinajstić information content (AvgIpc) is 2.93. The van der Waals surface area contributed by atoms with Crippen molar-refractivity contribution in [2.75, 3.05) is 7.11 Å². The van der Waals surface area contributed by atoms with Gasteiger partial charge in [-0.1, -0.05) is 0 Å². The van der Waals surface area contributed by atoms with Gasteiger partial charge < -0.3 is 4.74 Å². The first kappa shape index (κ1) is 11.4. The number of rotatable bonds is 2. The van der Waals surface area contributed by atoms with Gasteiger partial charge in [0.05, 0.1) is 6.10 Å². The van der Waals surface area contributed by atoms with E-state index < -0.39 is 0 Å². The van der Waals surface area contributed by atoms with Crippen LogP contribution in [0.15, 0.2) is 10.8 Å². The largest absolute Gasteiger partial charge is 0.381 e. The minimum absolute atomic E-state index is 0.409. The van der Waals surface area contributed by atoms with Gasteiger partial charge in [-0.05, 0) is 25.3 Å². The zero-order valence-corrected chi connectivity index (χ0v) is 11.7. The Bertz CT molecular complexity index is 529. The number of methoxy groups -OCH3 is 1. The molecule has 3 rings (SSSR count). The molecule has 2 aromatic heterocycles. The van der Waals surface area contributed by atoms with Gasteiger partial charge in [0.15, 0.2) is 0 Å². The van der Waals surface area contributed by atoms with Gasteiger partial charge in [0.2, 0.25) is 0 Å². The lowest BCUT2D eigenvalue weighted by Crippen LogP contribution is -2.19. The fourth-order valence-corrected chi connectivity index (χ4v) is 4.41. The number of thiazole rings is 1. The number of nitrogens with zero attached hydrogens (tertiary/aromatic N) is 1. The van der Waals surface area contributed by atoms with Gasteiger partial charge in [-0.15, -0.1) is 22.7 Å². The van der Waals surface area contributed by atoms with E-state index in [0.717, 1.165) is 25.0 Å². The number of hydrogen-bond donors (Lipinski definition) is 0. The van der Waals surface area contributed by atoms with Crippen molar-refractivity contribution in [2.45, 2.75) is 32.3 Å². The van der Waals surface area contributed by atoms with Crippen LogP contribution >= 0.6 is 22.7 Å². The van der Waals surface area contributed by atoms with Crippen LogP contribution in [0, 0.1) is 6.92 Å². The monoisotopic (exact) mass is 265 g/mol. The van der Waals surface area contributed by atoms with Crippen molar-refractivity contribution in [1.29, 1.82) is 0 Å². The second-order valence-electron chi connectivity index (χ2n) is 4.45. The molecule has 1 atom stereocenters. The molecule has 0 N–H and O–H groups in total. The summed E-state index contributed by atoms with van der Waals surface area (Å²) in [7, 11) is 1.81. The van der Waals surface area contributed by atoms with Gasteiger partial charge in [0.1, 0.15) is 5.01 Å². The summed E-state index contributed by atoms with van der Waals surface area (Å²) in [5.74, 6) is 0. The molecule has 2 nitrogen and oxygen atoms in total. The SMILES string of the molecule is COC1CCc2c(-c3nc(C)cs3)csc2C1. The average molecular weight is 265 g/mol. The van der Waals surface area contributed by atoms with Crippen LogP contribution < -0.4 is 0 Å². The molecule has 0 fully saturated rings. The molecular weight excluding hydrogens is 250 g/mol. The fourth-order valence-electron chi connectivity index (χ4n) is 2.34. The summed E-state index contributed by atoms with van der Waals surface area (Å²) in [4.78, 5) is 6.09. The number of fused-ring (bicyclic) bond motifs is 1. The maximum absolute atomic E-state index is 5.46. The highest BCUT2D eigenvalue weighted by molar-refractivity contribution is 7.14. The van der Waals surface area contributed by atoms with Crippen molar-refractivity contribution in [3.8, 4) is 10.6 Å². The Morgan fingerprint density at radius 1 is 1.35 bits per heavy atom. The highest BCUT2D eigenvalue weighted by Crippen LogP contribution is 2.38. The molecule has 0 aliphatic heterocycles. The third-order valence-electron chi connectivity index (χ3n) is 3.29. The first-order valence-electron chi connectivity index (χ1n) is 5.82. The molecule has 4 heteroatoms. The molecule has 1 unspecified atom stereocenters. The van der Waals surface area contributed by atoms with E-state index >= 15 is 0 Å². The van der Waals surface area contributed by atoms with Crippen LogP contribution in [0.1, 0.15) is 22.6 Å². The van der Waals surface area contributed by atoms with E-state index in [-0.39, 0.29) is 0 Å². The van der Waals surface area contributed by atoms with Crippen LogP contribution in [0.3, 0.4) is 0 Å². The molecule has 1 aliphatic carbocycles. The Hall–Kier alpha value is -0.710. The first-order valence-corrected chi connectivity index (χ1v) is 7.58. The number of thiophene rings is 1. The van der Waals surface area contributed by atoms with Crippen molar-refractivity contribution in [3.05, 3.63) is 26.9 Å². The number of aromatic nitrogens is 1. The summed E-state index contributed by atoms with van der Waals surface area (Å²) >= 11 is 3.61. The van der Waals surface area contributed by atoms with E-state index in [2.05, 4.69) is 22.7 Å². The lowest BCUT2D eigenvalue weighted by Gasteiger charge is -2.21. The predicted octanol–water partition coefficient (Wildman–Crippen LogP) is 3.68. The summed E-state index contributed by atoms with van der Waals surface area (Å²) in [5, 5.41) is 5.57. The minimum atomic E-state index is 0.409. The van der Waals surface area contributed by atoms with Crippen LogP contribution in [-0.2, 0) is 17.6 Å². The zero-order chi connectivity index (χ0) is 11.8. The summed E-state index contributed by atoms with van der Waals surface area (Å²) in [6.45, 7) is 2.06. The Labute approximate surface area is 109 Å². The van der Waals surface area contributed by atoms with Crippen LogP contribution in [0.4, 0.5) is 0 Å². The Morgan fingerprint density at radius 2 is 2.24 bits per heavy atom. The molecule has 17 heavy (non-hydrogen) atoms. The summed E-state index contributed by atoms with van der Waals surface area (Å²) in [6, 6.07) is 0. The molecule has 2 heterocycles. The van der Waals surface area contributed by atoms with Crippen molar-refractivity contribution >= 4 is 22.7 Å². The maximum Gasteiger partial charge on any atom is 0.124 e. The Kier molecular flexibility index (Phi) is 3.03. The molecule has 0 aromatic carbocycles. The molecule has 2 aromatic rings. The second-order valence-corrected chi connectivity index (χ2v) is 6.27. The topological polar surface area (TPSA) is 22.1 Å². The standard InChI is InChI=1S/C13H15NOS2/c1-8-6-17-13(14-8)11-7-16-12-5-9(15-2)3-4-10(11)12/h6-7,9H,3-5H2,1-2H3. The van der Waals surface area contributed by atoms with E-state index in [1.54, 1.807) is 11.3 Å². The molecular formula is C13H15NOS2. The molecule has 0 saturated heterocycles. The second kappa shape index (κ2) is 4.52. The van der Waals surface area contributed by atoms with Gasteiger partial charge in [-0.25, -0.2) is 4.98 Å². The minimum Gasteiger partial charge on any atom is -0.381 e. The van der Waals surface area contributed by atoms with Gasteiger partial charge >= 0.3 is 0 Å². The van der Waals surface area contributed by atoms with Crippen LogP contribution in [0.5, 0.6) is 0 Å². The summed E-state index contributed by atoms with van der Waals surface area (Å²) in [6.07, 6.45) is 3.75. The number of aryl methyl sites for hydroxylation is 1. The highest BCUT2D eigenvalue weighted by Gasteiger charge is 2.23. The molecule has 0 radical (unpaired) electrons. The van der Waals surface area contributed by atoms with Crippen LogP contribution in [0.25, 0.3) is 10.6 Å². The molecule has 0 spiro atoms. The van der Waals surface area contributed by atoms with Gasteiger partial charge in [-0.2, -0.15) is 0 Å². The summed E-state index contributed by atoms with van der Waals surface area (Å²) in [5.41, 5.74) is 3.99. The van der Waals surface area contributed by atoms with E-state index in [0.29, 0.717) is 6.10 Å². The molecule has 0 saturated carbocycles. The molecule has 90 valence electrons. The maximum atomic E-state index is 5.46. The van der Waals surface area contributed by atoms with Crippen molar-refractivity contribution in [2.24, 2.45) is 0 Å². The Morgan fingerprint density at radius 3 is 2.94 bits per heavy atom. The van der Waals surface area contributed by atoms with Gasteiger partial charge in [0, 0.05) is 40.4 Å². The molecule has 1 aliphatic rings. The van der Waals surface area contributed by atoms with Crippen LogP contribution in [-0.4, -0.2) is 18.2 Å². The lowest BCUT2D eigenvalue weighted by atomic mass is 9.94. The normalized spacial score (nSPS) is 19.3. The smallest absolute Gasteiger partial charge is 0.124 e. The van der Waals surface area contributed by atoms with E-state index in [1.807, 2.05) is 18.4 Å². The molecule has 0 amide bonds. The predicted molar refractivity (Wildman–Crippen MR) is 73.0 cm³/mol. The fraction of sp³-hybridized carbons (Fsp3) is 0.462. The number of ether oxygens (including phenoxy) is 1. The Balaban J connectivity index is 1.96. The quantitative estimate of drug-likeness (QED) is 0.826. The third kappa shape index (κ3) is 2.05. The van der Waals surface area contributed by atoms with Gasteiger partial charge in [-0.3, -0.25) is 0 Å². The lowest BCUT2D eigenvalue weighted by molar-refractivity contribution is 0.0921. The van der Waals surface area contributed by atoms with E-state index in [9.17, 15) is 0 Å². The summed E-state index contributed by atoms with van der Waals surface area (Å²) < 4.78 is 5.46. The van der Waals surface area contributed by atoms with Crippen molar-refractivity contribution < 1.29 is 4.74 Å². The van der Waals surface area contributed by atoms with E-state index in [4.69, 9.17) is 4.74 Å². The van der Waals surface area contributed by atoms with Crippen molar-refractivity contribution in [3.63, 3.8) is 0 Å². The molecule has 0 bridgehead atoms. The first-order chi connectivity index (χ1) is 8.28. The van der Waals surface area contributed by atoms with Crippen molar-refractivity contribution in [1.82, 2.24) is 4.98 Å². The third-order valence-corrected chi connectivity index (χ3v) is 5.34.